The summed E-state index contributed by atoms with van der Waals surface area (Å²) in [7, 11) is 0. The van der Waals surface area contributed by atoms with Gasteiger partial charge in [-0.2, -0.15) is 0 Å². The van der Waals surface area contributed by atoms with Gasteiger partial charge in [0.2, 0.25) is 0 Å². The summed E-state index contributed by atoms with van der Waals surface area (Å²) in [6.45, 7) is 1.79. The highest BCUT2D eigenvalue weighted by molar-refractivity contribution is 7.15. The molecule has 4 rings (SSSR count). The molecule has 0 saturated heterocycles. The number of aliphatic carboxylic acids is 1. The number of aromatic nitrogens is 1. The molecule has 1 aromatic heterocycles. The third-order valence-electron chi connectivity index (χ3n) is 5.72. The molecule has 0 radical (unpaired) electrons. The quantitative estimate of drug-likeness (QED) is 0.711. The number of benzene rings is 1. The van der Waals surface area contributed by atoms with E-state index in [-0.39, 0.29) is 23.4 Å². The molecule has 8 heteroatoms. The number of hydrogen-bond donors (Lipinski definition) is 3. The fraction of sp³-hybridized carbons (Fsp3) is 0.476. The number of nitrogens with one attached hydrogen (secondary N) is 2. The first-order chi connectivity index (χ1) is 14.0. The minimum atomic E-state index is -0.775. The van der Waals surface area contributed by atoms with Gasteiger partial charge in [-0.1, -0.05) is 0 Å². The van der Waals surface area contributed by atoms with Crippen LogP contribution >= 0.6 is 11.3 Å². The summed E-state index contributed by atoms with van der Waals surface area (Å²) < 4.78 is 14.8. The van der Waals surface area contributed by atoms with E-state index >= 15 is 0 Å². The summed E-state index contributed by atoms with van der Waals surface area (Å²) in [5.74, 6) is -1.88. The van der Waals surface area contributed by atoms with E-state index in [1.165, 1.54) is 22.3 Å². The van der Waals surface area contributed by atoms with Crippen molar-refractivity contribution in [2.45, 2.75) is 44.6 Å². The van der Waals surface area contributed by atoms with Gasteiger partial charge in [-0.05, 0) is 50.3 Å². The maximum atomic E-state index is 14.8. The van der Waals surface area contributed by atoms with Crippen LogP contribution in [0.3, 0.4) is 0 Å². The lowest BCUT2D eigenvalue weighted by Gasteiger charge is -2.26. The molecule has 2 heterocycles. The van der Waals surface area contributed by atoms with Crippen molar-refractivity contribution >= 4 is 23.2 Å². The molecular formula is C21H24FN3O3S. The molecule has 1 aromatic carbocycles. The van der Waals surface area contributed by atoms with E-state index in [9.17, 15) is 14.0 Å². The number of nitrogens with zero attached hydrogens (tertiary/aromatic N) is 1. The standard InChI is InChI=1S/C21H24FN3O3S/c22-16-11-13(19(26)24-14-4-1-12(2-5-14)21(27)28)3-6-15(16)20-25-17-7-9-23-10-8-18(17)29-20/h3,6,11-12,14,23H,1-2,4-5,7-10H2,(H,24,26)(H,27,28)/t12-,14-. The van der Waals surface area contributed by atoms with Crippen LogP contribution in [0, 0.1) is 11.7 Å². The molecular weight excluding hydrogens is 393 g/mol. The average Bonchev–Trinajstić information content (AvgIpc) is 2.98. The minimum Gasteiger partial charge on any atom is -0.481 e. The largest absolute Gasteiger partial charge is 0.481 e. The van der Waals surface area contributed by atoms with Gasteiger partial charge in [0.15, 0.2) is 0 Å². The number of amides is 1. The van der Waals surface area contributed by atoms with Crippen LogP contribution in [-0.2, 0) is 17.6 Å². The number of thiazole rings is 1. The Morgan fingerprint density at radius 2 is 1.93 bits per heavy atom. The predicted molar refractivity (Wildman–Crippen MR) is 109 cm³/mol. The van der Waals surface area contributed by atoms with E-state index in [0.717, 1.165) is 31.6 Å². The molecule has 1 amide bonds. The van der Waals surface area contributed by atoms with E-state index in [2.05, 4.69) is 15.6 Å². The Morgan fingerprint density at radius 1 is 1.17 bits per heavy atom. The zero-order valence-corrected chi connectivity index (χ0v) is 16.9. The van der Waals surface area contributed by atoms with Gasteiger partial charge in [-0.25, -0.2) is 9.37 Å². The average molecular weight is 418 g/mol. The van der Waals surface area contributed by atoms with Gasteiger partial charge in [-0.15, -0.1) is 11.3 Å². The second-order valence-corrected chi connectivity index (χ2v) is 8.78. The summed E-state index contributed by atoms with van der Waals surface area (Å²) in [6.07, 6.45) is 4.11. The number of hydrogen-bond acceptors (Lipinski definition) is 5. The summed E-state index contributed by atoms with van der Waals surface area (Å²) in [6, 6.07) is 4.46. The first kappa shape index (κ1) is 20.0. The van der Waals surface area contributed by atoms with Gasteiger partial charge in [0.1, 0.15) is 10.8 Å². The first-order valence-corrected chi connectivity index (χ1v) is 10.9. The van der Waals surface area contributed by atoms with Crippen LogP contribution in [-0.4, -0.2) is 41.1 Å². The molecule has 3 N–H and O–H groups in total. The molecule has 1 aliphatic carbocycles. The lowest BCUT2D eigenvalue weighted by atomic mass is 9.86. The maximum Gasteiger partial charge on any atom is 0.306 e. The van der Waals surface area contributed by atoms with E-state index in [1.54, 1.807) is 12.1 Å². The number of carbonyl (C=O) groups excluding carboxylic acids is 1. The van der Waals surface area contributed by atoms with E-state index in [1.807, 2.05) is 0 Å². The van der Waals surface area contributed by atoms with Gasteiger partial charge in [0, 0.05) is 41.6 Å². The van der Waals surface area contributed by atoms with Crippen molar-refractivity contribution in [2.24, 2.45) is 5.92 Å². The summed E-state index contributed by atoms with van der Waals surface area (Å²) in [5.41, 5.74) is 1.73. The topological polar surface area (TPSA) is 91.3 Å². The van der Waals surface area contributed by atoms with E-state index in [4.69, 9.17) is 5.11 Å². The van der Waals surface area contributed by atoms with Crippen molar-refractivity contribution in [3.05, 3.63) is 40.2 Å². The maximum absolute atomic E-state index is 14.8. The molecule has 154 valence electrons. The molecule has 1 fully saturated rings. The Bertz CT molecular complexity index is 898. The van der Waals surface area contributed by atoms with Crippen molar-refractivity contribution in [1.29, 1.82) is 0 Å². The summed E-state index contributed by atoms with van der Waals surface area (Å²) in [4.78, 5) is 29.4. The molecule has 0 spiro atoms. The smallest absolute Gasteiger partial charge is 0.306 e. The Hall–Kier alpha value is -2.32. The van der Waals surface area contributed by atoms with Crippen LogP contribution in [0.1, 0.15) is 46.6 Å². The lowest BCUT2D eigenvalue weighted by Crippen LogP contribution is -2.38. The van der Waals surface area contributed by atoms with E-state index in [0.29, 0.717) is 36.3 Å². The van der Waals surface area contributed by atoms with Gasteiger partial charge < -0.3 is 15.7 Å². The van der Waals surface area contributed by atoms with Gasteiger partial charge in [0.25, 0.3) is 5.91 Å². The normalized spacial score (nSPS) is 21.8. The molecule has 1 saturated carbocycles. The van der Waals surface area contributed by atoms with Crippen LogP contribution in [0.25, 0.3) is 10.6 Å². The minimum absolute atomic E-state index is 0.0657. The first-order valence-electron chi connectivity index (χ1n) is 10.0. The van der Waals surface area contributed by atoms with Crippen molar-refractivity contribution in [1.82, 2.24) is 15.6 Å². The monoisotopic (exact) mass is 417 g/mol. The second kappa shape index (κ2) is 8.59. The summed E-state index contributed by atoms with van der Waals surface area (Å²) >= 11 is 1.52. The highest BCUT2D eigenvalue weighted by Gasteiger charge is 2.27. The van der Waals surface area contributed by atoms with Crippen molar-refractivity contribution in [3.63, 3.8) is 0 Å². The summed E-state index contributed by atoms with van der Waals surface area (Å²) in [5, 5.41) is 16.0. The number of rotatable bonds is 4. The number of halogens is 1. The highest BCUT2D eigenvalue weighted by Crippen LogP contribution is 2.32. The van der Waals surface area contributed by atoms with Crippen molar-refractivity contribution < 1.29 is 19.1 Å². The fourth-order valence-corrected chi connectivity index (χ4v) is 5.14. The second-order valence-electron chi connectivity index (χ2n) is 7.69. The van der Waals surface area contributed by atoms with Crippen LogP contribution in [0.4, 0.5) is 4.39 Å². The molecule has 0 atom stereocenters. The Balaban J connectivity index is 1.43. The molecule has 0 unspecified atom stereocenters. The number of carbonyl (C=O) groups is 2. The molecule has 0 bridgehead atoms. The molecule has 2 aliphatic rings. The van der Waals surface area contributed by atoms with Gasteiger partial charge in [0.05, 0.1) is 11.6 Å². The Labute approximate surface area is 172 Å². The lowest BCUT2D eigenvalue weighted by molar-refractivity contribution is -0.142. The zero-order chi connectivity index (χ0) is 20.4. The van der Waals surface area contributed by atoms with Crippen LogP contribution in [0.2, 0.25) is 0 Å². The van der Waals surface area contributed by atoms with Crippen LogP contribution < -0.4 is 10.6 Å². The fourth-order valence-electron chi connectivity index (χ4n) is 4.01. The van der Waals surface area contributed by atoms with E-state index < -0.39 is 11.8 Å². The highest BCUT2D eigenvalue weighted by atomic mass is 32.1. The molecule has 1 aliphatic heterocycles. The van der Waals surface area contributed by atoms with Crippen molar-refractivity contribution in [3.8, 4) is 10.6 Å². The predicted octanol–water partition coefficient (Wildman–Crippen LogP) is 3.01. The molecule has 2 aromatic rings. The SMILES string of the molecule is O=C(N[C@H]1CC[C@H](C(=O)O)CC1)c1ccc(-c2nc3c(s2)CCNCC3)c(F)c1. The Morgan fingerprint density at radius 3 is 2.66 bits per heavy atom. The third kappa shape index (κ3) is 4.48. The van der Waals surface area contributed by atoms with Crippen LogP contribution in [0.5, 0.6) is 0 Å². The molecule has 29 heavy (non-hydrogen) atoms. The van der Waals surface area contributed by atoms with Crippen LogP contribution in [0.15, 0.2) is 18.2 Å². The molecule has 6 nitrogen and oxygen atoms in total. The number of fused-ring (bicyclic) bond motifs is 1. The van der Waals surface area contributed by atoms with Crippen molar-refractivity contribution in [2.75, 3.05) is 13.1 Å². The zero-order valence-electron chi connectivity index (χ0n) is 16.0. The van der Waals surface area contributed by atoms with Gasteiger partial charge in [-0.3, -0.25) is 9.59 Å². The van der Waals surface area contributed by atoms with Gasteiger partial charge >= 0.3 is 5.97 Å². The number of carboxylic acid groups (broad SMARTS) is 1. The third-order valence-corrected chi connectivity index (χ3v) is 6.91. The Kier molecular flexibility index (Phi) is 5.91. The number of carboxylic acids is 1.